The van der Waals surface area contributed by atoms with Crippen LogP contribution < -0.4 is 0 Å². The molecule has 0 aliphatic rings. The van der Waals surface area contributed by atoms with Gasteiger partial charge in [0.25, 0.3) is 0 Å². The third-order valence-corrected chi connectivity index (χ3v) is 1.82. The van der Waals surface area contributed by atoms with Crippen molar-refractivity contribution in [1.82, 2.24) is 0 Å². The summed E-state index contributed by atoms with van der Waals surface area (Å²) in [6.45, 7) is 1.11. The second kappa shape index (κ2) is 3.52. The Bertz CT molecular complexity index is 409. The van der Waals surface area contributed by atoms with Gasteiger partial charge in [-0.2, -0.15) is 13.2 Å². The quantitative estimate of drug-likeness (QED) is 0.742. The lowest BCUT2D eigenvalue weighted by molar-refractivity contribution is -0.138. The summed E-state index contributed by atoms with van der Waals surface area (Å²) in [5.74, 6) is -2.83. The van der Waals surface area contributed by atoms with Crippen molar-refractivity contribution in [1.29, 1.82) is 0 Å². The predicted molar refractivity (Wildman–Crippen MR) is 43.1 cm³/mol. The van der Waals surface area contributed by atoms with Gasteiger partial charge in [0, 0.05) is 0 Å². The predicted octanol–water partition coefficient (Wildman–Crippen LogP) is 2.85. The number of rotatable bonds is 1. The first kappa shape index (κ1) is 11.5. The number of carbonyl (C=O) groups is 1. The Labute approximate surface area is 82.1 Å². The smallest absolute Gasteiger partial charge is 0.417 e. The van der Waals surface area contributed by atoms with Gasteiger partial charge in [-0.3, -0.25) is 0 Å². The zero-order valence-corrected chi connectivity index (χ0v) is 7.52. The Morgan fingerprint density at radius 1 is 1.33 bits per heavy atom. The average Bonchev–Trinajstić information content (AvgIpc) is 1.99. The van der Waals surface area contributed by atoms with E-state index in [0.29, 0.717) is 0 Å². The van der Waals surface area contributed by atoms with Crippen molar-refractivity contribution in [2.75, 3.05) is 0 Å². The summed E-state index contributed by atoms with van der Waals surface area (Å²) in [6, 6.07) is 0.926. The summed E-state index contributed by atoms with van der Waals surface area (Å²) in [4.78, 5) is 10.6. The average molecular weight is 222 g/mol. The number of halogens is 4. The van der Waals surface area contributed by atoms with Gasteiger partial charge in [-0.25, -0.2) is 9.18 Å². The Hall–Kier alpha value is -1.59. The molecule has 0 aromatic heterocycles. The van der Waals surface area contributed by atoms with Crippen molar-refractivity contribution in [3.8, 4) is 0 Å². The fourth-order valence-corrected chi connectivity index (χ4v) is 1.25. The van der Waals surface area contributed by atoms with E-state index in [1.54, 1.807) is 0 Å². The van der Waals surface area contributed by atoms with Gasteiger partial charge in [0.15, 0.2) is 0 Å². The molecule has 1 rings (SSSR count). The summed E-state index contributed by atoms with van der Waals surface area (Å²) in [7, 11) is 0. The first-order valence-electron chi connectivity index (χ1n) is 3.84. The number of carboxylic acids is 1. The lowest BCUT2D eigenvalue weighted by Gasteiger charge is -2.12. The molecule has 0 amide bonds. The van der Waals surface area contributed by atoms with Crippen LogP contribution in [0.3, 0.4) is 0 Å². The topological polar surface area (TPSA) is 37.3 Å². The fraction of sp³-hybridized carbons (Fsp3) is 0.222. The maximum absolute atomic E-state index is 12.7. The molecule has 15 heavy (non-hydrogen) atoms. The molecule has 1 aromatic carbocycles. The number of hydrogen-bond donors (Lipinski definition) is 1. The number of alkyl halides is 3. The van der Waals surface area contributed by atoms with E-state index in [1.165, 1.54) is 0 Å². The molecule has 0 radical (unpaired) electrons. The van der Waals surface area contributed by atoms with Gasteiger partial charge < -0.3 is 5.11 Å². The molecule has 0 fully saturated rings. The molecule has 0 unspecified atom stereocenters. The first-order valence-corrected chi connectivity index (χ1v) is 3.84. The largest absolute Gasteiger partial charge is 0.478 e. The molecule has 0 saturated heterocycles. The highest BCUT2D eigenvalue weighted by molar-refractivity contribution is 5.91. The van der Waals surface area contributed by atoms with Gasteiger partial charge in [-0.15, -0.1) is 0 Å². The zero-order valence-electron chi connectivity index (χ0n) is 7.52. The lowest BCUT2D eigenvalue weighted by atomic mass is 10.0. The molecule has 6 heteroatoms. The van der Waals surface area contributed by atoms with Crippen molar-refractivity contribution < 1.29 is 27.5 Å². The summed E-state index contributed by atoms with van der Waals surface area (Å²) in [6.07, 6.45) is -4.87. The minimum atomic E-state index is -4.87. The molecule has 0 spiro atoms. The van der Waals surface area contributed by atoms with Crippen LogP contribution in [0, 0.1) is 12.7 Å². The Morgan fingerprint density at radius 2 is 1.87 bits per heavy atom. The molecule has 0 aliphatic heterocycles. The van der Waals surface area contributed by atoms with E-state index in [4.69, 9.17) is 5.11 Å². The van der Waals surface area contributed by atoms with Gasteiger partial charge in [-0.05, 0) is 24.6 Å². The number of benzene rings is 1. The molecular formula is C9H6F4O2. The van der Waals surface area contributed by atoms with Crippen LogP contribution in [0.1, 0.15) is 21.5 Å². The van der Waals surface area contributed by atoms with Crippen LogP contribution >= 0.6 is 0 Å². The van der Waals surface area contributed by atoms with Crippen LogP contribution in [0.5, 0.6) is 0 Å². The highest BCUT2D eigenvalue weighted by Gasteiger charge is 2.36. The third-order valence-electron chi connectivity index (χ3n) is 1.82. The lowest BCUT2D eigenvalue weighted by Crippen LogP contribution is -2.15. The molecule has 0 atom stereocenters. The van der Waals surface area contributed by atoms with E-state index < -0.39 is 29.1 Å². The number of aryl methyl sites for hydroxylation is 1. The zero-order chi connectivity index (χ0) is 11.8. The van der Waals surface area contributed by atoms with Crippen LogP contribution in [-0.2, 0) is 6.18 Å². The van der Waals surface area contributed by atoms with Crippen LogP contribution in [-0.4, -0.2) is 11.1 Å². The minimum Gasteiger partial charge on any atom is -0.478 e. The normalized spacial score (nSPS) is 11.5. The summed E-state index contributed by atoms with van der Waals surface area (Å²) in [5.41, 5.74) is -2.63. The highest BCUT2D eigenvalue weighted by Crippen LogP contribution is 2.33. The van der Waals surface area contributed by atoms with Crippen molar-refractivity contribution in [3.63, 3.8) is 0 Å². The van der Waals surface area contributed by atoms with Crippen LogP contribution in [0.25, 0.3) is 0 Å². The maximum atomic E-state index is 12.7. The SMILES string of the molecule is Cc1cc(F)cc(C(F)(F)F)c1C(=O)O. The second-order valence-electron chi connectivity index (χ2n) is 2.95. The third kappa shape index (κ3) is 2.26. The molecule has 0 heterocycles. The monoisotopic (exact) mass is 222 g/mol. The summed E-state index contributed by atoms with van der Waals surface area (Å²) >= 11 is 0. The molecular weight excluding hydrogens is 216 g/mol. The van der Waals surface area contributed by atoms with Gasteiger partial charge in [0.2, 0.25) is 0 Å². The fourth-order valence-electron chi connectivity index (χ4n) is 1.25. The van der Waals surface area contributed by atoms with E-state index >= 15 is 0 Å². The standard InChI is InChI=1S/C9H6F4O2/c1-4-2-5(10)3-6(9(11,12)13)7(4)8(14)15/h2-3H,1H3,(H,14,15). The second-order valence-corrected chi connectivity index (χ2v) is 2.95. The maximum Gasteiger partial charge on any atom is 0.417 e. The van der Waals surface area contributed by atoms with E-state index in [9.17, 15) is 22.4 Å². The molecule has 1 aromatic rings. The number of carboxylic acid groups (broad SMARTS) is 1. The molecule has 2 nitrogen and oxygen atoms in total. The van der Waals surface area contributed by atoms with Gasteiger partial charge in [-0.1, -0.05) is 0 Å². The van der Waals surface area contributed by atoms with Crippen molar-refractivity contribution in [3.05, 3.63) is 34.6 Å². The minimum absolute atomic E-state index is 0.177. The molecule has 82 valence electrons. The van der Waals surface area contributed by atoms with Crippen molar-refractivity contribution in [2.24, 2.45) is 0 Å². The Balaban J connectivity index is 3.54. The number of aromatic carboxylic acids is 1. The molecule has 0 bridgehead atoms. The Kier molecular flexibility index (Phi) is 2.70. The summed E-state index contributed by atoms with van der Waals surface area (Å²) in [5, 5.41) is 8.58. The van der Waals surface area contributed by atoms with E-state index in [1.807, 2.05) is 0 Å². The molecule has 1 N–H and O–H groups in total. The Morgan fingerprint density at radius 3 is 2.27 bits per heavy atom. The van der Waals surface area contributed by atoms with Gasteiger partial charge in [0.05, 0.1) is 11.1 Å². The summed E-state index contributed by atoms with van der Waals surface area (Å²) < 4.78 is 49.7. The highest BCUT2D eigenvalue weighted by atomic mass is 19.4. The van der Waals surface area contributed by atoms with Crippen LogP contribution in [0.2, 0.25) is 0 Å². The molecule has 0 saturated carbocycles. The first-order chi connectivity index (χ1) is 6.73. The van der Waals surface area contributed by atoms with E-state index in [0.717, 1.165) is 13.0 Å². The van der Waals surface area contributed by atoms with Crippen molar-refractivity contribution >= 4 is 5.97 Å². The van der Waals surface area contributed by atoms with Crippen LogP contribution in [0.15, 0.2) is 12.1 Å². The van der Waals surface area contributed by atoms with E-state index in [2.05, 4.69) is 0 Å². The number of hydrogen-bond acceptors (Lipinski definition) is 1. The van der Waals surface area contributed by atoms with Crippen LogP contribution in [0.4, 0.5) is 17.6 Å². The van der Waals surface area contributed by atoms with Crippen molar-refractivity contribution in [2.45, 2.75) is 13.1 Å². The van der Waals surface area contributed by atoms with Gasteiger partial charge in [0.1, 0.15) is 5.82 Å². The molecule has 0 aliphatic carbocycles. The van der Waals surface area contributed by atoms with E-state index in [-0.39, 0.29) is 11.6 Å². The van der Waals surface area contributed by atoms with Gasteiger partial charge >= 0.3 is 12.1 Å².